The molecule has 1 N–H and O–H groups in total. The Hall–Kier alpha value is -3.47. The van der Waals surface area contributed by atoms with E-state index in [0.29, 0.717) is 62.3 Å². The van der Waals surface area contributed by atoms with Gasteiger partial charge in [-0.05, 0) is 78.5 Å². The summed E-state index contributed by atoms with van der Waals surface area (Å²) in [5, 5.41) is 9.33. The number of thioether (sulfide) groups is 1. The number of halogens is 2. The molecule has 0 spiro atoms. The zero-order valence-corrected chi connectivity index (χ0v) is 27.4. The van der Waals surface area contributed by atoms with Crippen LogP contribution in [0.25, 0.3) is 0 Å². The van der Waals surface area contributed by atoms with Crippen LogP contribution in [-0.2, 0) is 21.9 Å². The summed E-state index contributed by atoms with van der Waals surface area (Å²) in [7, 11) is 0. The molecule has 0 radical (unpaired) electrons. The van der Waals surface area contributed by atoms with Crippen LogP contribution in [0.2, 0.25) is 5.02 Å². The predicted molar refractivity (Wildman–Crippen MR) is 173 cm³/mol. The lowest BCUT2D eigenvalue weighted by Gasteiger charge is -2.29. The molecule has 0 saturated heterocycles. The number of nitrogens with zero attached hydrogens (tertiary/aromatic N) is 3. The lowest BCUT2D eigenvalue weighted by molar-refractivity contribution is -0.143. The number of fused-ring (bicyclic) bond motifs is 1. The maximum absolute atomic E-state index is 13.5. The lowest BCUT2D eigenvalue weighted by atomic mass is 9.95. The summed E-state index contributed by atoms with van der Waals surface area (Å²) in [6, 6.07) is 20.8. The number of ether oxygens (including phenoxy) is 3. The highest BCUT2D eigenvalue weighted by Gasteiger charge is 2.36. The van der Waals surface area contributed by atoms with E-state index < -0.39 is 12.0 Å². The van der Waals surface area contributed by atoms with E-state index in [0.717, 1.165) is 16.7 Å². The molecule has 5 rings (SSSR count). The number of benzene rings is 3. The minimum atomic E-state index is -0.636. The quantitative estimate of drug-likeness (QED) is 0.125. The number of rotatable bonds is 11. The van der Waals surface area contributed by atoms with E-state index in [1.165, 1.54) is 11.8 Å². The average Bonchev–Trinajstić information content (AvgIpc) is 3.38. The van der Waals surface area contributed by atoms with Crippen LogP contribution < -0.4 is 14.8 Å². The summed E-state index contributed by atoms with van der Waals surface area (Å²) in [5.74, 6) is 1.80. The van der Waals surface area contributed by atoms with Crippen LogP contribution in [0, 0.1) is 0 Å². The minimum Gasteiger partial charge on any atom is -0.490 e. The molecule has 1 atom stereocenters. The summed E-state index contributed by atoms with van der Waals surface area (Å²) < 4.78 is 20.4. The van der Waals surface area contributed by atoms with Crippen LogP contribution in [0.5, 0.6) is 11.5 Å². The molecule has 0 amide bonds. The Kier molecular flexibility index (Phi) is 10.00. The number of nitrogens with one attached hydrogen (secondary N) is 1. The number of hydrogen-bond acceptors (Lipinski definition) is 8. The smallest absolute Gasteiger partial charge is 0.338 e. The van der Waals surface area contributed by atoms with E-state index in [9.17, 15) is 4.79 Å². The maximum atomic E-state index is 13.5. The zero-order chi connectivity index (χ0) is 30.5. The molecule has 43 heavy (non-hydrogen) atoms. The van der Waals surface area contributed by atoms with Gasteiger partial charge in [0.05, 0.1) is 22.8 Å². The molecule has 224 valence electrons. The highest BCUT2D eigenvalue weighted by molar-refractivity contribution is 9.10. The second kappa shape index (κ2) is 13.9. The number of esters is 1. The Bertz CT molecular complexity index is 1640. The molecule has 0 aliphatic carbocycles. The summed E-state index contributed by atoms with van der Waals surface area (Å²) >= 11 is 11.6. The third-order valence-electron chi connectivity index (χ3n) is 6.58. The van der Waals surface area contributed by atoms with Crippen LogP contribution in [-0.4, -0.2) is 33.4 Å². The Morgan fingerprint density at radius 1 is 1.12 bits per heavy atom. The van der Waals surface area contributed by atoms with Gasteiger partial charge in [0.1, 0.15) is 12.6 Å². The Morgan fingerprint density at radius 3 is 2.58 bits per heavy atom. The first-order valence-electron chi connectivity index (χ1n) is 13.9. The Balaban J connectivity index is 1.54. The molecule has 0 fully saturated rings. The van der Waals surface area contributed by atoms with Gasteiger partial charge in [0, 0.05) is 16.5 Å². The van der Waals surface area contributed by atoms with Crippen molar-refractivity contribution in [1.29, 1.82) is 0 Å². The second-order valence-electron chi connectivity index (χ2n) is 10.1. The molecule has 8 nitrogen and oxygen atoms in total. The topological polar surface area (TPSA) is 87.5 Å². The normalized spacial score (nSPS) is 14.3. The first-order chi connectivity index (χ1) is 20.7. The van der Waals surface area contributed by atoms with Crippen molar-refractivity contribution in [2.45, 2.75) is 57.4 Å². The van der Waals surface area contributed by atoms with Crippen molar-refractivity contribution in [3.63, 3.8) is 0 Å². The molecule has 4 aromatic rings. The third kappa shape index (κ3) is 7.20. The van der Waals surface area contributed by atoms with Crippen molar-refractivity contribution in [3.05, 3.63) is 104 Å². The molecule has 1 aromatic heterocycles. The summed E-state index contributed by atoms with van der Waals surface area (Å²) in [5.41, 5.74) is 3.84. The predicted octanol–water partition coefficient (Wildman–Crippen LogP) is 8.20. The van der Waals surface area contributed by atoms with E-state index >= 15 is 0 Å². The van der Waals surface area contributed by atoms with Gasteiger partial charge in [0.25, 0.3) is 0 Å². The van der Waals surface area contributed by atoms with Crippen molar-refractivity contribution >= 4 is 51.2 Å². The molecular weight excluding hydrogens is 652 g/mol. The van der Waals surface area contributed by atoms with Gasteiger partial charge in [-0.1, -0.05) is 71.9 Å². The van der Waals surface area contributed by atoms with Gasteiger partial charge in [0.15, 0.2) is 11.5 Å². The van der Waals surface area contributed by atoms with Gasteiger partial charge < -0.3 is 19.5 Å². The van der Waals surface area contributed by atoms with Crippen LogP contribution in [0.1, 0.15) is 50.4 Å². The van der Waals surface area contributed by atoms with Crippen LogP contribution in [0.3, 0.4) is 0 Å². The number of aromatic nitrogens is 3. The number of carbonyl (C=O) groups is 1. The fraction of sp³-hybridized carbons (Fsp3) is 0.281. The van der Waals surface area contributed by atoms with Gasteiger partial charge in [-0.15, -0.1) is 5.10 Å². The third-order valence-corrected chi connectivity index (χ3v) is 8.43. The van der Waals surface area contributed by atoms with Crippen LogP contribution >= 0.6 is 39.3 Å². The first-order valence-corrected chi connectivity index (χ1v) is 16.0. The molecule has 0 saturated carbocycles. The van der Waals surface area contributed by atoms with Gasteiger partial charge in [-0.3, -0.25) is 0 Å². The average molecular weight is 684 g/mol. The van der Waals surface area contributed by atoms with E-state index in [2.05, 4.69) is 21.2 Å². The molecule has 1 aliphatic rings. The van der Waals surface area contributed by atoms with E-state index in [1.54, 1.807) is 4.68 Å². The number of carbonyl (C=O) groups excluding carboxylic acids is 1. The first kappa shape index (κ1) is 31.0. The number of anilines is 1. The van der Waals surface area contributed by atoms with Crippen molar-refractivity contribution in [1.82, 2.24) is 14.8 Å². The van der Waals surface area contributed by atoms with Crippen molar-refractivity contribution in [2.75, 3.05) is 11.9 Å². The Labute approximate surface area is 268 Å². The van der Waals surface area contributed by atoms with Crippen LogP contribution in [0.4, 0.5) is 5.95 Å². The fourth-order valence-corrected chi connectivity index (χ4v) is 6.37. The van der Waals surface area contributed by atoms with Crippen molar-refractivity contribution in [3.8, 4) is 11.5 Å². The molecule has 1 aliphatic heterocycles. The van der Waals surface area contributed by atoms with E-state index in [-0.39, 0.29) is 6.10 Å². The standard InChI is InChI=1S/C32H32BrClN4O4S/c1-5-40-26-16-23(15-24(33)29(26)41-17-21-11-7-6-8-12-21)28-27(30(39)42-19(2)3)20(4)35-31-36-32(37-38(28)31)43-18-22-13-9-10-14-25(22)34/h6-16,19,28H,5,17-18H2,1-4H3,(H,35,36,37). The maximum Gasteiger partial charge on any atom is 0.338 e. The fourth-order valence-electron chi connectivity index (χ4n) is 4.68. The van der Waals surface area contributed by atoms with Crippen LogP contribution in [0.15, 0.2) is 87.6 Å². The summed E-state index contributed by atoms with van der Waals surface area (Å²) in [6.07, 6.45) is -0.299. The largest absolute Gasteiger partial charge is 0.490 e. The second-order valence-corrected chi connectivity index (χ2v) is 12.3. The zero-order valence-electron chi connectivity index (χ0n) is 24.3. The molecule has 2 heterocycles. The van der Waals surface area contributed by atoms with Crippen molar-refractivity contribution < 1.29 is 19.0 Å². The van der Waals surface area contributed by atoms with E-state index in [1.807, 2.05) is 94.4 Å². The SMILES string of the molecule is CCOc1cc(C2C(C(=O)OC(C)C)=C(C)Nc3nc(SCc4ccccc4Cl)nn32)cc(Br)c1OCc1ccccc1. The van der Waals surface area contributed by atoms with Gasteiger partial charge in [-0.25, -0.2) is 9.48 Å². The Morgan fingerprint density at radius 2 is 1.86 bits per heavy atom. The molecule has 11 heteroatoms. The van der Waals surface area contributed by atoms with E-state index in [4.69, 9.17) is 35.9 Å². The molecular formula is C32H32BrClN4O4S. The molecule has 3 aromatic carbocycles. The van der Waals surface area contributed by atoms with Gasteiger partial charge in [-0.2, -0.15) is 4.98 Å². The number of allylic oxidation sites excluding steroid dienone is 1. The summed E-state index contributed by atoms with van der Waals surface area (Å²) in [4.78, 5) is 18.3. The highest BCUT2D eigenvalue weighted by atomic mass is 79.9. The molecule has 1 unspecified atom stereocenters. The van der Waals surface area contributed by atoms with Crippen molar-refractivity contribution in [2.24, 2.45) is 0 Å². The highest BCUT2D eigenvalue weighted by Crippen LogP contribution is 2.44. The van der Waals surface area contributed by atoms with Gasteiger partial charge >= 0.3 is 5.97 Å². The summed E-state index contributed by atoms with van der Waals surface area (Å²) in [6.45, 7) is 8.21. The lowest BCUT2D eigenvalue weighted by Crippen LogP contribution is -2.30. The molecule has 0 bridgehead atoms. The monoisotopic (exact) mass is 682 g/mol. The number of hydrogen-bond donors (Lipinski definition) is 1. The van der Waals surface area contributed by atoms with Gasteiger partial charge in [0.2, 0.25) is 11.1 Å². The minimum absolute atomic E-state index is 0.299.